The van der Waals surface area contributed by atoms with Gasteiger partial charge in [0.25, 0.3) is 0 Å². The normalized spacial score (nSPS) is 22.1. The molecule has 2 amide bonds. The predicted molar refractivity (Wildman–Crippen MR) is 171 cm³/mol. The third-order valence-corrected chi connectivity index (χ3v) is 6.87. The van der Waals surface area contributed by atoms with Crippen LogP contribution in [0.25, 0.3) is 0 Å². The fourth-order valence-electron chi connectivity index (χ4n) is 3.37. The van der Waals surface area contributed by atoms with E-state index in [-0.39, 0.29) is 52.8 Å². The Morgan fingerprint density at radius 2 is 0.780 bits per heavy atom. The monoisotopic (exact) mass is 902 g/mol. The van der Waals surface area contributed by atoms with Crippen LogP contribution in [0.3, 0.4) is 0 Å². The second-order valence-corrected chi connectivity index (χ2v) is 10.9. The van der Waals surface area contributed by atoms with Gasteiger partial charge in [0.05, 0.1) is 21.3 Å². The van der Waals surface area contributed by atoms with Crippen LogP contribution in [0.15, 0.2) is 0 Å². The molecule has 1 saturated heterocycles. The van der Waals surface area contributed by atoms with Crippen molar-refractivity contribution in [1.29, 1.82) is 0 Å². The van der Waals surface area contributed by atoms with Gasteiger partial charge < -0.3 is 119 Å². The Bertz CT molecular complexity index is 1260. The molecule has 0 aliphatic carbocycles. The van der Waals surface area contributed by atoms with E-state index in [0.29, 0.717) is 0 Å². The molecule has 0 aromatic heterocycles. The Kier molecular flexibility index (Phi) is 31.7. The van der Waals surface area contributed by atoms with Crippen LogP contribution in [0.2, 0.25) is 0 Å². The molecule has 0 bridgehead atoms. The van der Waals surface area contributed by atoms with Crippen LogP contribution in [0.4, 0.5) is 0 Å². The number of carboxylic acid groups (broad SMARTS) is 2. The Morgan fingerprint density at radius 1 is 0.525 bits per heavy atom. The summed E-state index contributed by atoms with van der Waals surface area (Å²) in [7, 11) is 2.95. The zero-order valence-corrected chi connectivity index (χ0v) is 34.0. The maximum absolute atomic E-state index is 10.8. The summed E-state index contributed by atoms with van der Waals surface area (Å²) in [4.78, 5) is 83.9. The summed E-state index contributed by atoms with van der Waals surface area (Å²) in [5.41, 5.74) is 9.19. The second kappa shape index (κ2) is 29.9. The van der Waals surface area contributed by atoms with E-state index in [1.54, 1.807) is 0 Å². The summed E-state index contributed by atoms with van der Waals surface area (Å²) in [6, 6.07) is 0. The van der Waals surface area contributed by atoms with E-state index < -0.39 is 145 Å². The van der Waals surface area contributed by atoms with Crippen molar-refractivity contribution in [3.63, 3.8) is 0 Å². The van der Waals surface area contributed by atoms with Gasteiger partial charge in [-0.2, -0.15) is 0 Å². The summed E-state index contributed by atoms with van der Waals surface area (Å²) >= 11 is 0. The van der Waals surface area contributed by atoms with E-state index >= 15 is 0 Å². The van der Waals surface area contributed by atoms with Crippen molar-refractivity contribution in [2.45, 2.75) is 97.7 Å². The first-order valence-electron chi connectivity index (χ1n) is 15.1. The van der Waals surface area contributed by atoms with Crippen LogP contribution >= 0.6 is 0 Å². The number of hydrogen-bond acceptors (Lipinski definition) is 27. The van der Waals surface area contributed by atoms with Gasteiger partial charge in [-0.15, -0.1) is 0 Å². The number of hydrogen-bond donors (Lipinski definition) is 19. The minimum absolute atomic E-state index is 0. The van der Waals surface area contributed by atoms with E-state index in [1.165, 1.54) is 0 Å². The van der Waals surface area contributed by atoms with Crippen molar-refractivity contribution in [3.05, 3.63) is 0 Å². The molecule has 16 atom stereocenters. The Labute approximate surface area is 373 Å². The van der Waals surface area contributed by atoms with Gasteiger partial charge in [0.15, 0.2) is 54.9 Å². The van der Waals surface area contributed by atoms with E-state index in [9.17, 15) is 58.8 Å². The quantitative estimate of drug-likeness (QED) is 0.0366. The molecule has 0 aromatic rings. The third-order valence-electron chi connectivity index (χ3n) is 6.87. The number of esters is 4. The summed E-state index contributed by atoms with van der Waals surface area (Å²) in [6.45, 7) is 0. The number of methoxy groups -OCH3 is 3. The molecule has 1 rings (SSSR count). The van der Waals surface area contributed by atoms with E-state index in [0.717, 1.165) is 21.3 Å². The van der Waals surface area contributed by atoms with Gasteiger partial charge >= 0.3 is 87.2 Å². The summed E-state index contributed by atoms with van der Waals surface area (Å²) in [5, 5.41) is 151. The van der Waals surface area contributed by atoms with Crippen LogP contribution in [0.1, 0.15) is 1.43 Å². The molecule has 0 saturated carbocycles. The molecule has 0 radical (unpaired) electrons. The number of nitrogens with two attached hydrogens (primary N) is 2. The molecule has 1 heterocycles. The topological polar surface area (TPSA) is 569 Å². The number of carbonyl (C=O) groups is 8. The van der Waals surface area contributed by atoms with Gasteiger partial charge in [-0.1, -0.05) is 0 Å². The smallest absolute Gasteiger partial charge is 1.00 e. The van der Waals surface area contributed by atoms with Crippen LogP contribution in [-0.4, -0.2) is 253 Å². The summed E-state index contributed by atoms with van der Waals surface area (Å²) in [5.74, 6) is -10.8. The molecule has 1 aliphatic heterocycles. The number of aliphatic hydroxyl groups excluding tert-OH is 15. The number of ether oxygens (including phenoxy) is 4. The number of carbonyl (C=O) groups excluding carboxylic acids is 6. The number of aliphatic carboxylic acids is 2. The fraction of sp³-hybridized carbons (Fsp3) is 0.704. The van der Waals surface area contributed by atoms with Crippen molar-refractivity contribution in [2.24, 2.45) is 11.5 Å². The first kappa shape index (κ1) is 62.4. The molecule has 59 heavy (non-hydrogen) atoms. The maximum Gasteiger partial charge on any atom is 1.00 e. The van der Waals surface area contributed by atoms with Crippen LogP contribution in [0, 0.1) is 0 Å². The van der Waals surface area contributed by atoms with Gasteiger partial charge in [0, 0.05) is 0 Å². The van der Waals surface area contributed by atoms with Crippen LogP contribution < -0.4 is 62.9 Å². The minimum atomic E-state index is -2.36. The SMILES string of the molecule is COC(=O)C(O)C1OC(=O)C(O)C1O.COC(=O)[C@@H](O)[C@@H](O)[C@H](O)[C@@H](O)C(=O)OC.NC(=O)[C@@H](O)[C@@H](O)[C@H](O)[C@@H](O)C(N)=O.O=C(O)[C@@H](O)[C@@H](O)[C@H](O)[C@@H](O)C(=O)O.[H-].[K+]. The van der Waals surface area contributed by atoms with Gasteiger partial charge in [-0.25, -0.2) is 28.8 Å². The molecule has 0 spiro atoms. The standard InChI is InChI=1S/C8H14O8.C7H10O7.C6H12N2O6.C6H10O8.K.H/c1-15-7(13)5(11)3(9)4(10)6(12)8(14)16-2;1-13-6(11)4(10)5-2(8)3(9)7(12)14-5;7-5(13)3(11)1(9)2(10)4(12)6(8)14;7-1(3(9)5(11)12)2(8)4(10)6(13)14;;/h3-6,9-12H,1-2H3;2-5,8-10H,1H3;1-4,9-12H,(H2,7,13)(H2,8,14);1-4,7-10H,(H,11,12)(H,13,14);;/q;;;;+1;-1/t3-,4-,5-,6+;;2*1-,2-,3-,4+;;/m0.00../s1. The largest absolute Gasteiger partial charge is 1.00 e. The molecular formula is C27H47KN2O29. The number of aliphatic hydroxyl groups is 15. The second-order valence-electron chi connectivity index (χ2n) is 10.9. The molecule has 31 nitrogen and oxygen atoms in total. The third kappa shape index (κ3) is 20.3. The molecule has 1 aliphatic rings. The Balaban J connectivity index is -0.000000222. The molecule has 340 valence electrons. The molecule has 4 unspecified atom stereocenters. The molecule has 1 fully saturated rings. The number of rotatable bonds is 17. The first-order chi connectivity index (χ1) is 26.4. The van der Waals surface area contributed by atoms with Crippen molar-refractivity contribution in [3.8, 4) is 0 Å². The zero-order chi connectivity index (χ0) is 46.7. The van der Waals surface area contributed by atoms with Crippen molar-refractivity contribution in [2.75, 3.05) is 21.3 Å². The molecule has 0 aromatic carbocycles. The van der Waals surface area contributed by atoms with Crippen molar-refractivity contribution >= 4 is 47.6 Å². The number of carboxylic acids is 2. The zero-order valence-electron chi connectivity index (χ0n) is 31.9. The number of amides is 2. The van der Waals surface area contributed by atoms with Gasteiger partial charge in [-0.3, -0.25) is 9.59 Å². The van der Waals surface area contributed by atoms with E-state index in [1.807, 2.05) is 0 Å². The van der Waals surface area contributed by atoms with Gasteiger partial charge in [-0.05, 0) is 0 Å². The molecular weight excluding hydrogens is 855 g/mol. The predicted octanol–water partition coefficient (Wildman–Crippen LogP) is -16.9. The Hall–Kier alpha value is -3.20. The average Bonchev–Trinajstić information content (AvgIpc) is 3.45. The molecule has 32 heteroatoms. The Morgan fingerprint density at radius 3 is 0.983 bits per heavy atom. The average molecular weight is 903 g/mol. The van der Waals surface area contributed by atoms with Crippen LogP contribution in [-0.2, 0) is 57.3 Å². The van der Waals surface area contributed by atoms with Gasteiger partial charge in [0.1, 0.15) is 42.7 Å². The van der Waals surface area contributed by atoms with Crippen molar-refractivity contribution in [1.82, 2.24) is 0 Å². The summed E-state index contributed by atoms with van der Waals surface area (Å²) in [6.07, 6.45) is -32.5. The van der Waals surface area contributed by atoms with E-state index in [2.05, 4.69) is 30.4 Å². The van der Waals surface area contributed by atoms with E-state index in [4.69, 9.17) is 66.4 Å². The van der Waals surface area contributed by atoms with Gasteiger partial charge in [0.2, 0.25) is 11.8 Å². The molecule has 21 N–H and O–H groups in total. The number of cyclic esters (lactones) is 1. The minimum Gasteiger partial charge on any atom is -1.00 e. The fourth-order valence-corrected chi connectivity index (χ4v) is 3.37. The maximum atomic E-state index is 10.8. The van der Waals surface area contributed by atoms with Crippen molar-refractivity contribution < 1.29 is 197 Å². The summed E-state index contributed by atoms with van der Waals surface area (Å²) < 4.78 is 16.7. The number of primary amides is 2. The first-order valence-corrected chi connectivity index (χ1v) is 15.1. The van der Waals surface area contributed by atoms with Crippen LogP contribution in [0.5, 0.6) is 0 Å².